The lowest BCUT2D eigenvalue weighted by molar-refractivity contribution is 0.210. The van der Waals surface area contributed by atoms with E-state index in [9.17, 15) is 4.79 Å². The quantitative estimate of drug-likeness (QED) is 0.652. The average molecular weight is 355 g/mol. The third kappa shape index (κ3) is 3.41. The molecule has 0 unspecified atom stereocenters. The van der Waals surface area contributed by atoms with Crippen LogP contribution in [-0.2, 0) is 0 Å². The molecule has 0 aliphatic heterocycles. The molecule has 1 aromatic heterocycles. The molecule has 1 heterocycles. The Bertz CT molecular complexity index is 866. The van der Waals surface area contributed by atoms with Gasteiger partial charge in [-0.1, -0.05) is 34.5 Å². The maximum atomic E-state index is 10.7. The van der Waals surface area contributed by atoms with Gasteiger partial charge in [0.2, 0.25) is 0 Å². The minimum absolute atomic E-state index is 0.319. The van der Waals surface area contributed by atoms with Crippen LogP contribution >= 0.6 is 34.5 Å². The number of benzene rings is 2. The molecule has 0 saturated carbocycles. The van der Waals surface area contributed by atoms with Crippen molar-refractivity contribution >= 4 is 56.5 Å². The third-order valence-electron chi connectivity index (χ3n) is 2.66. The highest BCUT2D eigenvalue weighted by Crippen LogP contribution is 2.34. The number of amides is 1. The van der Waals surface area contributed by atoms with Crippen molar-refractivity contribution in [3.63, 3.8) is 0 Å². The van der Waals surface area contributed by atoms with E-state index in [-0.39, 0.29) is 0 Å². The summed E-state index contributed by atoms with van der Waals surface area (Å²) in [5, 5.41) is 12.3. The summed E-state index contributed by atoms with van der Waals surface area (Å²) >= 11 is 13.2. The highest BCUT2D eigenvalue weighted by Gasteiger charge is 2.09. The molecule has 22 heavy (non-hydrogen) atoms. The molecule has 8 heteroatoms. The number of nitrogens with zero attached hydrogens (tertiary/aromatic N) is 1. The monoisotopic (exact) mass is 354 g/mol. The van der Waals surface area contributed by atoms with Crippen LogP contribution in [0, 0.1) is 0 Å². The molecule has 0 fully saturated rings. The van der Waals surface area contributed by atoms with Crippen molar-refractivity contribution in [1.82, 2.24) is 4.98 Å². The third-order valence-corrected chi connectivity index (χ3v) is 4.03. The number of aromatic nitrogens is 1. The zero-order valence-corrected chi connectivity index (χ0v) is 13.2. The summed E-state index contributed by atoms with van der Waals surface area (Å²) in [5.41, 5.74) is 1.05. The Morgan fingerprint density at radius 3 is 2.77 bits per heavy atom. The van der Waals surface area contributed by atoms with Crippen LogP contribution in [0.15, 0.2) is 36.4 Å². The SMILES string of the molecule is O=C(O)Nc1cc(Cl)cc(Oc2nc3cc(Cl)ccc3s2)c1. The number of nitrogens with one attached hydrogen (secondary N) is 1. The number of ether oxygens (including phenoxy) is 1. The first kappa shape index (κ1) is 14.9. The predicted octanol–water partition coefficient (Wildman–Crippen LogP) is 5.49. The lowest BCUT2D eigenvalue weighted by atomic mass is 10.3. The van der Waals surface area contributed by atoms with E-state index >= 15 is 0 Å². The van der Waals surface area contributed by atoms with Crippen molar-refractivity contribution in [3.8, 4) is 10.9 Å². The van der Waals surface area contributed by atoms with Crippen molar-refractivity contribution in [3.05, 3.63) is 46.4 Å². The van der Waals surface area contributed by atoms with Gasteiger partial charge in [-0.25, -0.2) is 9.78 Å². The highest BCUT2D eigenvalue weighted by atomic mass is 35.5. The van der Waals surface area contributed by atoms with Crippen LogP contribution in [0.3, 0.4) is 0 Å². The van der Waals surface area contributed by atoms with Gasteiger partial charge in [-0.05, 0) is 30.3 Å². The van der Waals surface area contributed by atoms with Crippen LogP contribution in [0.2, 0.25) is 10.0 Å². The smallest absolute Gasteiger partial charge is 0.409 e. The van der Waals surface area contributed by atoms with Crippen molar-refractivity contribution in [2.24, 2.45) is 0 Å². The van der Waals surface area contributed by atoms with Crippen molar-refractivity contribution in [2.75, 3.05) is 5.32 Å². The van der Waals surface area contributed by atoms with Gasteiger partial charge in [0.15, 0.2) is 0 Å². The van der Waals surface area contributed by atoms with Crippen molar-refractivity contribution in [2.45, 2.75) is 0 Å². The van der Waals surface area contributed by atoms with E-state index in [2.05, 4.69) is 10.3 Å². The lowest BCUT2D eigenvalue weighted by Gasteiger charge is -2.06. The van der Waals surface area contributed by atoms with Gasteiger partial charge in [-0.2, -0.15) is 0 Å². The topological polar surface area (TPSA) is 71.5 Å². The molecule has 0 radical (unpaired) electrons. The minimum atomic E-state index is -1.18. The van der Waals surface area contributed by atoms with Gasteiger partial charge >= 0.3 is 6.09 Å². The van der Waals surface area contributed by atoms with Gasteiger partial charge in [0.25, 0.3) is 5.19 Å². The second kappa shape index (κ2) is 6.00. The minimum Gasteiger partial charge on any atom is -0.465 e. The molecule has 112 valence electrons. The molecular formula is C14H8Cl2N2O3S. The summed E-state index contributed by atoms with van der Waals surface area (Å²) in [6.45, 7) is 0. The second-order valence-corrected chi connectivity index (χ2v) is 6.17. The Morgan fingerprint density at radius 1 is 1.18 bits per heavy atom. The van der Waals surface area contributed by atoms with Gasteiger partial charge in [0.05, 0.1) is 10.2 Å². The van der Waals surface area contributed by atoms with Gasteiger partial charge in [-0.3, -0.25) is 5.32 Å². The number of carboxylic acid groups (broad SMARTS) is 1. The first-order chi connectivity index (χ1) is 10.5. The summed E-state index contributed by atoms with van der Waals surface area (Å²) in [5.74, 6) is 0.390. The second-order valence-electron chi connectivity index (χ2n) is 4.30. The molecule has 2 N–H and O–H groups in total. The molecule has 0 spiro atoms. The van der Waals surface area contributed by atoms with E-state index in [1.807, 2.05) is 6.07 Å². The molecule has 0 aliphatic carbocycles. The maximum absolute atomic E-state index is 10.7. The number of thiazole rings is 1. The van der Waals surface area contributed by atoms with E-state index in [4.69, 9.17) is 33.0 Å². The Hall–Kier alpha value is -2.02. The molecular weight excluding hydrogens is 347 g/mol. The average Bonchev–Trinajstić information content (AvgIpc) is 2.78. The zero-order chi connectivity index (χ0) is 15.7. The molecule has 3 aromatic rings. The molecule has 5 nitrogen and oxygen atoms in total. The summed E-state index contributed by atoms with van der Waals surface area (Å²) in [6.07, 6.45) is -1.18. The molecule has 1 amide bonds. The van der Waals surface area contributed by atoms with Crippen LogP contribution in [0.1, 0.15) is 0 Å². The normalized spacial score (nSPS) is 10.6. The Labute approximate surface area is 139 Å². The number of rotatable bonds is 3. The first-order valence-corrected chi connectivity index (χ1v) is 7.61. The number of anilines is 1. The van der Waals surface area contributed by atoms with Gasteiger partial charge in [0.1, 0.15) is 5.75 Å². The summed E-state index contributed by atoms with van der Waals surface area (Å²) < 4.78 is 6.59. The highest BCUT2D eigenvalue weighted by molar-refractivity contribution is 7.20. The number of hydrogen-bond donors (Lipinski definition) is 2. The maximum Gasteiger partial charge on any atom is 0.409 e. The predicted molar refractivity (Wildman–Crippen MR) is 87.8 cm³/mol. The van der Waals surface area contributed by atoms with E-state index in [0.29, 0.717) is 26.7 Å². The van der Waals surface area contributed by atoms with Crippen LogP contribution in [-0.4, -0.2) is 16.2 Å². The number of carbonyl (C=O) groups is 1. The number of hydrogen-bond acceptors (Lipinski definition) is 4. The van der Waals surface area contributed by atoms with Crippen molar-refractivity contribution in [1.29, 1.82) is 0 Å². The Morgan fingerprint density at radius 2 is 2.00 bits per heavy atom. The van der Waals surface area contributed by atoms with Crippen LogP contribution in [0.5, 0.6) is 10.9 Å². The van der Waals surface area contributed by atoms with Crippen LogP contribution in [0.25, 0.3) is 10.2 Å². The molecule has 2 aromatic carbocycles. The summed E-state index contributed by atoms with van der Waals surface area (Å²) in [7, 11) is 0. The van der Waals surface area contributed by atoms with Gasteiger partial charge < -0.3 is 9.84 Å². The zero-order valence-electron chi connectivity index (χ0n) is 10.8. The van der Waals surface area contributed by atoms with Crippen LogP contribution in [0.4, 0.5) is 10.5 Å². The fourth-order valence-corrected chi connectivity index (χ4v) is 3.05. The molecule has 0 bridgehead atoms. The van der Waals surface area contributed by atoms with E-state index < -0.39 is 6.09 Å². The Balaban J connectivity index is 1.90. The molecule has 0 saturated heterocycles. The molecule has 3 rings (SSSR count). The van der Waals surface area contributed by atoms with Gasteiger partial charge in [-0.15, -0.1) is 0 Å². The van der Waals surface area contributed by atoms with Crippen molar-refractivity contribution < 1.29 is 14.6 Å². The van der Waals surface area contributed by atoms with Gasteiger partial charge in [0, 0.05) is 21.8 Å². The summed E-state index contributed by atoms with van der Waals surface area (Å²) in [4.78, 5) is 15.0. The van der Waals surface area contributed by atoms with Crippen LogP contribution < -0.4 is 10.1 Å². The Kier molecular flexibility index (Phi) is 4.06. The largest absolute Gasteiger partial charge is 0.465 e. The number of halogens is 2. The van der Waals surface area contributed by atoms with E-state index in [1.165, 1.54) is 23.5 Å². The molecule has 0 atom stereocenters. The van der Waals surface area contributed by atoms with E-state index in [0.717, 1.165) is 10.2 Å². The summed E-state index contributed by atoms with van der Waals surface area (Å²) in [6, 6.07) is 9.97. The fraction of sp³-hybridized carbons (Fsp3) is 0. The standard InChI is InChI=1S/C14H8Cl2N2O3S/c15-7-1-2-12-11(5-7)18-14(22-12)21-10-4-8(16)3-9(6-10)17-13(19)20/h1-6,17H,(H,19,20). The lowest BCUT2D eigenvalue weighted by Crippen LogP contribution is -2.07. The number of fused-ring (bicyclic) bond motifs is 1. The molecule has 0 aliphatic rings. The van der Waals surface area contributed by atoms with E-state index in [1.54, 1.807) is 18.2 Å². The first-order valence-electron chi connectivity index (χ1n) is 6.04. The fourth-order valence-electron chi connectivity index (χ4n) is 1.84.